The molecule has 1 rings (SSSR count). The molecule has 0 unspecified atom stereocenters. The quantitative estimate of drug-likeness (QED) is 0.558. The molecule has 0 aromatic carbocycles. The van der Waals surface area contributed by atoms with Crippen LogP contribution in [0.15, 0.2) is 12.2 Å². The highest BCUT2D eigenvalue weighted by molar-refractivity contribution is 5.03. The van der Waals surface area contributed by atoms with Gasteiger partial charge in [-0.05, 0) is 18.8 Å². The Labute approximate surface area is 56.9 Å². The van der Waals surface area contributed by atoms with Crippen LogP contribution >= 0.6 is 0 Å². The molecule has 0 spiro atoms. The molecular formula is C8H15N. The lowest BCUT2D eigenvalue weighted by Gasteiger charge is -2.08. The lowest BCUT2D eigenvalue weighted by Crippen LogP contribution is -2.08. The fourth-order valence-corrected chi connectivity index (χ4v) is 1.50. The summed E-state index contributed by atoms with van der Waals surface area (Å²) in [5.41, 5.74) is 6.71. The largest absolute Gasteiger partial charge is 0.327 e. The lowest BCUT2D eigenvalue weighted by atomic mass is 9.99. The molecule has 0 heterocycles. The Bertz CT molecular complexity index is 101. The van der Waals surface area contributed by atoms with Crippen molar-refractivity contribution in [3.63, 3.8) is 0 Å². The van der Waals surface area contributed by atoms with Crippen molar-refractivity contribution < 1.29 is 0 Å². The first-order chi connectivity index (χ1) is 4.34. The second kappa shape index (κ2) is 3.02. The molecule has 1 fully saturated rings. The van der Waals surface area contributed by atoms with E-state index in [2.05, 4.69) is 6.58 Å². The van der Waals surface area contributed by atoms with Gasteiger partial charge in [-0.3, -0.25) is 0 Å². The Morgan fingerprint density at radius 3 is 2.44 bits per heavy atom. The van der Waals surface area contributed by atoms with Crippen molar-refractivity contribution >= 4 is 0 Å². The minimum atomic E-state index is 0.685. The third-order valence-electron chi connectivity index (χ3n) is 2.19. The normalized spacial score (nSPS) is 20.6. The van der Waals surface area contributed by atoms with Gasteiger partial charge in [-0.2, -0.15) is 0 Å². The molecule has 52 valence electrons. The average Bonchev–Trinajstić information content (AvgIpc) is 2.37. The molecule has 0 atom stereocenters. The number of rotatable bonds is 2. The van der Waals surface area contributed by atoms with Crippen LogP contribution in [0.2, 0.25) is 0 Å². The van der Waals surface area contributed by atoms with E-state index in [1.165, 1.54) is 31.3 Å². The summed E-state index contributed by atoms with van der Waals surface area (Å²) >= 11 is 0. The topological polar surface area (TPSA) is 26.0 Å². The first kappa shape index (κ1) is 6.81. The Hall–Kier alpha value is -0.300. The first-order valence-corrected chi connectivity index (χ1v) is 3.72. The van der Waals surface area contributed by atoms with Gasteiger partial charge in [0.05, 0.1) is 0 Å². The summed E-state index contributed by atoms with van der Waals surface area (Å²) in [6.45, 7) is 4.62. The van der Waals surface area contributed by atoms with Gasteiger partial charge in [-0.1, -0.05) is 25.0 Å². The predicted molar refractivity (Wildman–Crippen MR) is 40.2 cm³/mol. The van der Waals surface area contributed by atoms with Gasteiger partial charge in [-0.25, -0.2) is 0 Å². The fourth-order valence-electron chi connectivity index (χ4n) is 1.50. The Morgan fingerprint density at radius 2 is 2.00 bits per heavy atom. The van der Waals surface area contributed by atoms with Crippen LogP contribution in [0.5, 0.6) is 0 Å². The van der Waals surface area contributed by atoms with Crippen LogP contribution in [0.3, 0.4) is 0 Å². The van der Waals surface area contributed by atoms with Crippen LogP contribution in [0, 0.1) is 5.92 Å². The van der Waals surface area contributed by atoms with Crippen molar-refractivity contribution in [1.29, 1.82) is 0 Å². The maximum absolute atomic E-state index is 5.45. The lowest BCUT2D eigenvalue weighted by molar-refractivity contribution is 0.632. The summed E-state index contributed by atoms with van der Waals surface area (Å²) in [5, 5.41) is 0. The van der Waals surface area contributed by atoms with Crippen LogP contribution in [-0.2, 0) is 0 Å². The third kappa shape index (κ3) is 1.55. The van der Waals surface area contributed by atoms with E-state index in [0.717, 1.165) is 5.92 Å². The number of hydrogen-bond acceptors (Lipinski definition) is 1. The van der Waals surface area contributed by atoms with Gasteiger partial charge >= 0.3 is 0 Å². The van der Waals surface area contributed by atoms with Gasteiger partial charge in [-0.15, -0.1) is 0 Å². The summed E-state index contributed by atoms with van der Waals surface area (Å²) in [5.74, 6) is 0.759. The van der Waals surface area contributed by atoms with Gasteiger partial charge in [0.1, 0.15) is 0 Å². The summed E-state index contributed by atoms with van der Waals surface area (Å²) in [7, 11) is 0. The van der Waals surface area contributed by atoms with E-state index >= 15 is 0 Å². The molecule has 0 bridgehead atoms. The standard InChI is InChI=1S/C8H15N/c1-7(6-9)8-4-2-3-5-8/h8H,1-6,9H2. The highest BCUT2D eigenvalue weighted by atomic mass is 14.5. The molecule has 0 radical (unpaired) electrons. The average molecular weight is 125 g/mol. The first-order valence-electron chi connectivity index (χ1n) is 3.72. The van der Waals surface area contributed by atoms with Crippen LogP contribution in [0.25, 0.3) is 0 Å². The smallest absolute Gasteiger partial charge is 0.0136 e. The summed E-state index contributed by atoms with van der Waals surface area (Å²) < 4.78 is 0. The molecular weight excluding hydrogens is 110 g/mol. The molecule has 0 amide bonds. The predicted octanol–water partition coefficient (Wildman–Crippen LogP) is 1.69. The summed E-state index contributed by atoms with van der Waals surface area (Å²) in [4.78, 5) is 0. The van der Waals surface area contributed by atoms with Crippen molar-refractivity contribution in [2.45, 2.75) is 25.7 Å². The van der Waals surface area contributed by atoms with Gasteiger partial charge in [0.2, 0.25) is 0 Å². The fraction of sp³-hybridized carbons (Fsp3) is 0.750. The van der Waals surface area contributed by atoms with E-state index in [-0.39, 0.29) is 0 Å². The maximum Gasteiger partial charge on any atom is 0.0136 e. The Balaban J connectivity index is 2.32. The molecule has 1 aliphatic rings. The molecule has 1 saturated carbocycles. The summed E-state index contributed by atoms with van der Waals surface area (Å²) in [6, 6.07) is 0. The second-order valence-corrected chi connectivity index (χ2v) is 2.84. The molecule has 1 aliphatic carbocycles. The van der Waals surface area contributed by atoms with Gasteiger partial charge in [0.15, 0.2) is 0 Å². The number of nitrogens with two attached hydrogens (primary N) is 1. The maximum atomic E-state index is 5.45. The molecule has 0 aromatic rings. The molecule has 0 aromatic heterocycles. The highest BCUT2D eigenvalue weighted by Gasteiger charge is 2.16. The Morgan fingerprint density at radius 1 is 1.44 bits per heavy atom. The van der Waals surface area contributed by atoms with E-state index in [9.17, 15) is 0 Å². The van der Waals surface area contributed by atoms with Crippen LogP contribution in [0.4, 0.5) is 0 Å². The van der Waals surface area contributed by atoms with E-state index < -0.39 is 0 Å². The zero-order valence-electron chi connectivity index (χ0n) is 5.90. The zero-order valence-corrected chi connectivity index (χ0v) is 5.90. The molecule has 9 heavy (non-hydrogen) atoms. The number of hydrogen-bond donors (Lipinski definition) is 1. The summed E-state index contributed by atoms with van der Waals surface area (Å²) in [6.07, 6.45) is 5.42. The Kier molecular flexibility index (Phi) is 2.29. The van der Waals surface area contributed by atoms with E-state index in [0.29, 0.717) is 6.54 Å². The van der Waals surface area contributed by atoms with Crippen LogP contribution in [0.1, 0.15) is 25.7 Å². The van der Waals surface area contributed by atoms with Crippen molar-refractivity contribution in [3.05, 3.63) is 12.2 Å². The highest BCUT2D eigenvalue weighted by Crippen LogP contribution is 2.29. The second-order valence-electron chi connectivity index (χ2n) is 2.84. The molecule has 1 nitrogen and oxygen atoms in total. The minimum absolute atomic E-state index is 0.685. The van der Waals surface area contributed by atoms with E-state index in [1.807, 2.05) is 0 Å². The zero-order chi connectivity index (χ0) is 6.69. The van der Waals surface area contributed by atoms with Crippen LogP contribution < -0.4 is 5.73 Å². The SMILES string of the molecule is C=C(CN)C1CCCC1. The molecule has 0 aliphatic heterocycles. The molecule has 0 saturated heterocycles. The monoisotopic (exact) mass is 125 g/mol. The van der Waals surface area contributed by atoms with Gasteiger partial charge < -0.3 is 5.73 Å². The van der Waals surface area contributed by atoms with Crippen molar-refractivity contribution in [1.82, 2.24) is 0 Å². The van der Waals surface area contributed by atoms with Crippen molar-refractivity contribution in [3.8, 4) is 0 Å². The minimum Gasteiger partial charge on any atom is -0.327 e. The third-order valence-corrected chi connectivity index (χ3v) is 2.19. The van der Waals surface area contributed by atoms with Crippen LogP contribution in [-0.4, -0.2) is 6.54 Å². The van der Waals surface area contributed by atoms with Crippen molar-refractivity contribution in [2.24, 2.45) is 11.7 Å². The van der Waals surface area contributed by atoms with E-state index in [1.54, 1.807) is 0 Å². The van der Waals surface area contributed by atoms with Crippen molar-refractivity contribution in [2.75, 3.05) is 6.54 Å². The molecule has 1 heteroatoms. The molecule has 2 N–H and O–H groups in total. The van der Waals surface area contributed by atoms with Gasteiger partial charge in [0, 0.05) is 6.54 Å². The van der Waals surface area contributed by atoms with Gasteiger partial charge in [0.25, 0.3) is 0 Å². The van der Waals surface area contributed by atoms with E-state index in [4.69, 9.17) is 5.73 Å².